The molecule has 10 nitrogen and oxygen atoms in total. The zero-order valence-electron chi connectivity index (χ0n) is 16.5. The lowest BCUT2D eigenvalue weighted by Gasteiger charge is -2.33. The number of amides is 1. The summed E-state index contributed by atoms with van der Waals surface area (Å²) in [6, 6.07) is 9.47. The maximum absolute atomic E-state index is 14.0. The molecule has 1 aliphatic heterocycles. The molecule has 1 atom stereocenters. The highest BCUT2D eigenvalue weighted by Crippen LogP contribution is 2.35. The fraction of sp³-hybridized carbons (Fsp3) is 0.222. The van der Waals surface area contributed by atoms with Crippen LogP contribution >= 0.6 is 0 Å². The molecule has 0 bridgehead atoms. The minimum absolute atomic E-state index is 0.0915. The van der Waals surface area contributed by atoms with Crippen molar-refractivity contribution in [1.29, 1.82) is 0 Å². The van der Waals surface area contributed by atoms with Crippen molar-refractivity contribution in [2.75, 3.05) is 18.0 Å². The first-order valence-corrected chi connectivity index (χ1v) is 10.7. The molecule has 1 aromatic carbocycles. The van der Waals surface area contributed by atoms with Crippen molar-refractivity contribution in [2.24, 2.45) is 5.73 Å². The second-order valence-corrected chi connectivity index (χ2v) is 8.33. The fourth-order valence-electron chi connectivity index (χ4n) is 2.99. The number of hydrogen-bond donors (Lipinski definition) is 3. The van der Waals surface area contributed by atoms with Crippen LogP contribution in [0.1, 0.15) is 17.3 Å². The molecule has 0 saturated heterocycles. The summed E-state index contributed by atoms with van der Waals surface area (Å²) in [4.78, 5) is 15.5. The average molecular weight is 454 g/mol. The van der Waals surface area contributed by atoms with Crippen molar-refractivity contribution < 1.29 is 26.7 Å². The Morgan fingerprint density at radius 1 is 1.23 bits per heavy atom. The third kappa shape index (κ3) is 5.19. The predicted molar refractivity (Wildman–Crippen MR) is 108 cm³/mol. The maximum atomic E-state index is 14.0. The van der Waals surface area contributed by atoms with Crippen LogP contribution in [0, 0.1) is 0 Å². The van der Waals surface area contributed by atoms with Gasteiger partial charge in [0.2, 0.25) is 15.9 Å². The van der Waals surface area contributed by atoms with E-state index in [2.05, 4.69) is 15.1 Å². The average Bonchev–Trinajstić information content (AvgIpc) is 2.98. The van der Waals surface area contributed by atoms with Gasteiger partial charge in [-0.25, -0.2) is 22.0 Å². The van der Waals surface area contributed by atoms with Crippen LogP contribution in [0.3, 0.4) is 0 Å². The van der Waals surface area contributed by atoms with Gasteiger partial charge in [-0.3, -0.25) is 20.1 Å². The second kappa shape index (κ2) is 8.73. The zero-order valence-corrected chi connectivity index (χ0v) is 17.3. The van der Waals surface area contributed by atoms with Crippen molar-refractivity contribution in [3.8, 4) is 0 Å². The number of carbonyl (C=O) groups excluding carboxylic acids is 1. The van der Waals surface area contributed by atoms with E-state index < -0.39 is 28.6 Å². The molecule has 0 aliphatic carbocycles. The molecule has 1 aromatic heterocycles. The molecule has 0 spiro atoms. The second-order valence-electron chi connectivity index (χ2n) is 6.58. The number of halogens is 2. The molecule has 31 heavy (non-hydrogen) atoms. The van der Waals surface area contributed by atoms with E-state index in [0.29, 0.717) is 5.56 Å². The lowest BCUT2D eigenvalue weighted by molar-refractivity contribution is -0.102. The first-order valence-electron chi connectivity index (χ1n) is 8.85. The number of nitrogens with one attached hydrogen (secondary N) is 2. The van der Waals surface area contributed by atoms with Crippen LogP contribution < -0.4 is 15.9 Å². The van der Waals surface area contributed by atoms with Crippen LogP contribution in [-0.2, 0) is 14.8 Å². The Hall–Kier alpha value is -3.45. The number of hydrogen-bond acceptors (Lipinski definition) is 8. The van der Waals surface area contributed by atoms with Crippen LogP contribution in [0.2, 0.25) is 0 Å². The Kier molecular flexibility index (Phi) is 6.27. The van der Waals surface area contributed by atoms with E-state index in [9.17, 15) is 22.0 Å². The van der Waals surface area contributed by atoms with Crippen LogP contribution in [0.15, 0.2) is 54.5 Å². The van der Waals surface area contributed by atoms with Crippen molar-refractivity contribution in [1.82, 2.24) is 20.5 Å². The SMILES string of the molecule is CN1C(OC(N)=O)=C(c2ccc(NS(C)(=O)=O)cn2)NN1[C@@H](c1ccccc1)C(F)F. The van der Waals surface area contributed by atoms with Gasteiger partial charge >= 0.3 is 6.09 Å². The summed E-state index contributed by atoms with van der Waals surface area (Å²) < 4.78 is 58.0. The van der Waals surface area contributed by atoms with Gasteiger partial charge in [-0.05, 0) is 17.7 Å². The molecule has 0 saturated carbocycles. The molecule has 2 aromatic rings. The quantitative estimate of drug-likeness (QED) is 0.578. The van der Waals surface area contributed by atoms with E-state index in [1.807, 2.05) is 0 Å². The highest BCUT2D eigenvalue weighted by Gasteiger charge is 2.40. The normalized spacial score (nSPS) is 15.7. The molecule has 166 valence electrons. The molecular formula is C18H20F2N6O4S. The summed E-state index contributed by atoms with van der Waals surface area (Å²) >= 11 is 0. The molecular weight excluding hydrogens is 434 g/mol. The summed E-state index contributed by atoms with van der Waals surface area (Å²) in [6.45, 7) is 0. The highest BCUT2D eigenvalue weighted by atomic mass is 32.2. The lowest BCUT2D eigenvalue weighted by Crippen LogP contribution is -2.46. The Morgan fingerprint density at radius 2 is 1.90 bits per heavy atom. The third-order valence-corrected chi connectivity index (χ3v) is 4.83. The molecule has 1 amide bonds. The number of hydrazine groups is 2. The number of alkyl halides is 2. The number of anilines is 1. The van der Waals surface area contributed by atoms with E-state index in [0.717, 1.165) is 11.4 Å². The Morgan fingerprint density at radius 3 is 2.42 bits per heavy atom. The van der Waals surface area contributed by atoms with Gasteiger partial charge in [0.25, 0.3) is 6.43 Å². The molecule has 0 unspecified atom stereocenters. The number of rotatable bonds is 7. The van der Waals surface area contributed by atoms with Crippen LogP contribution in [-0.4, -0.2) is 49.4 Å². The van der Waals surface area contributed by atoms with Gasteiger partial charge in [0.1, 0.15) is 11.7 Å². The first-order chi connectivity index (χ1) is 14.6. The third-order valence-electron chi connectivity index (χ3n) is 4.22. The number of carbonyl (C=O) groups is 1. The predicted octanol–water partition coefficient (Wildman–Crippen LogP) is 1.85. The largest absolute Gasteiger partial charge is 0.411 e. The number of benzene rings is 1. The van der Waals surface area contributed by atoms with E-state index in [1.54, 1.807) is 30.3 Å². The monoisotopic (exact) mass is 454 g/mol. The van der Waals surface area contributed by atoms with Crippen LogP contribution in [0.25, 0.3) is 5.70 Å². The Bertz CT molecular complexity index is 1080. The first kappa shape index (κ1) is 22.2. The van der Waals surface area contributed by atoms with E-state index in [1.165, 1.54) is 30.4 Å². The highest BCUT2D eigenvalue weighted by molar-refractivity contribution is 7.92. The van der Waals surface area contributed by atoms with E-state index in [-0.39, 0.29) is 23.0 Å². The number of ether oxygens (including phenoxy) is 1. The minimum atomic E-state index is -3.51. The van der Waals surface area contributed by atoms with Crippen LogP contribution in [0.5, 0.6) is 0 Å². The lowest BCUT2D eigenvalue weighted by atomic mass is 10.1. The van der Waals surface area contributed by atoms with Gasteiger partial charge in [-0.1, -0.05) is 30.3 Å². The number of sulfonamides is 1. The number of aromatic nitrogens is 1. The standard InChI is InChI=1S/C18H20F2N6O4S/c1-25-17(30-18(21)27)14(13-9-8-12(10-22-13)24-31(2,28)29)23-26(25)15(16(19)20)11-6-4-3-5-7-11/h3-10,15-16,23-24H,1-2H3,(H2,21,27)/t15-/m0/s1. The topological polar surface area (TPSA) is 130 Å². The summed E-state index contributed by atoms with van der Waals surface area (Å²) in [5.41, 5.74) is 8.74. The number of nitrogens with two attached hydrogens (primary N) is 1. The van der Waals surface area contributed by atoms with Crippen LogP contribution in [0.4, 0.5) is 19.3 Å². The van der Waals surface area contributed by atoms with Gasteiger partial charge in [-0.2, -0.15) is 0 Å². The number of nitrogens with zero attached hydrogens (tertiary/aromatic N) is 3. The van der Waals surface area contributed by atoms with Crippen molar-refractivity contribution >= 4 is 27.5 Å². The Balaban J connectivity index is 1.97. The van der Waals surface area contributed by atoms with Gasteiger partial charge < -0.3 is 10.5 Å². The summed E-state index contributed by atoms with van der Waals surface area (Å²) in [7, 11) is -2.10. The fourth-order valence-corrected chi connectivity index (χ4v) is 3.54. The van der Waals surface area contributed by atoms with Gasteiger partial charge in [-0.15, -0.1) is 5.12 Å². The smallest absolute Gasteiger partial charge is 0.390 e. The molecule has 13 heteroatoms. The van der Waals surface area contributed by atoms with E-state index in [4.69, 9.17) is 10.5 Å². The van der Waals surface area contributed by atoms with E-state index >= 15 is 0 Å². The Labute approximate surface area is 177 Å². The molecule has 0 radical (unpaired) electrons. The molecule has 3 rings (SSSR count). The number of pyridine rings is 1. The molecule has 0 fully saturated rings. The number of primary amides is 1. The van der Waals surface area contributed by atoms with Crippen molar-refractivity contribution in [3.63, 3.8) is 0 Å². The minimum Gasteiger partial charge on any atom is -0.390 e. The summed E-state index contributed by atoms with van der Waals surface area (Å²) in [6.07, 6.45) is -1.73. The van der Waals surface area contributed by atoms with Gasteiger partial charge in [0, 0.05) is 7.05 Å². The summed E-state index contributed by atoms with van der Waals surface area (Å²) in [5.74, 6) is -0.148. The van der Waals surface area contributed by atoms with Gasteiger partial charge in [0.15, 0.2) is 0 Å². The molecule has 2 heterocycles. The molecule has 1 aliphatic rings. The zero-order chi connectivity index (χ0) is 22.8. The van der Waals surface area contributed by atoms with Crippen molar-refractivity contribution in [2.45, 2.75) is 12.5 Å². The van der Waals surface area contributed by atoms with Crippen molar-refractivity contribution in [3.05, 3.63) is 65.8 Å². The summed E-state index contributed by atoms with van der Waals surface area (Å²) in [5, 5.41) is 2.28. The van der Waals surface area contributed by atoms with Gasteiger partial charge in [0.05, 0.1) is 23.8 Å². The molecule has 4 N–H and O–H groups in total. The maximum Gasteiger partial charge on any atom is 0.411 e.